The molecule has 0 aliphatic carbocycles. The molecule has 18 heavy (non-hydrogen) atoms. The number of aryl methyl sites for hydroxylation is 1. The van der Waals surface area contributed by atoms with E-state index in [-0.39, 0.29) is 0 Å². The molecule has 0 atom stereocenters. The van der Waals surface area contributed by atoms with Crippen molar-refractivity contribution in [2.24, 2.45) is 0 Å². The third kappa shape index (κ3) is 3.42. The van der Waals surface area contributed by atoms with Gasteiger partial charge in [-0.15, -0.1) is 0 Å². The molecular formula is C15H16N2O. The van der Waals surface area contributed by atoms with E-state index in [1.165, 1.54) is 0 Å². The minimum atomic E-state index is 0.540. The highest BCUT2D eigenvalue weighted by molar-refractivity contribution is 5.47. The quantitative estimate of drug-likeness (QED) is 0.752. The van der Waals surface area contributed by atoms with E-state index in [1.54, 1.807) is 4.90 Å². The van der Waals surface area contributed by atoms with Crippen LogP contribution in [-0.2, 0) is 17.9 Å². The molecule has 1 aromatic heterocycles. The predicted octanol–water partition coefficient (Wildman–Crippen LogP) is 2.55. The lowest BCUT2D eigenvalue weighted by atomic mass is 10.2. The van der Waals surface area contributed by atoms with E-state index in [0.717, 1.165) is 23.2 Å². The first-order chi connectivity index (χ1) is 8.78. The van der Waals surface area contributed by atoms with E-state index in [9.17, 15) is 4.79 Å². The zero-order chi connectivity index (χ0) is 12.8. The Kier molecular flexibility index (Phi) is 4.07. The van der Waals surface area contributed by atoms with Gasteiger partial charge in [0.25, 0.3) is 0 Å². The summed E-state index contributed by atoms with van der Waals surface area (Å²) in [4.78, 5) is 17.1. The van der Waals surface area contributed by atoms with E-state index in [2.05, 4.69) is 4.98 Å². The molecule has 0 N–H and O–H groups in total. The van der Waals surface area contributed by atoms with E-state index in [1.807, 2.05) is 55.6 Å². The SMILES string of the molecule is Cc1ccc(CN(C=O)Cc2ccccc2)nc1. The van der Waals surface area contributed by atoms with Gasteiger partial charge in [-0.05, 0) is 24.1 Å². The summed E-state index contributed by atoms with van der Waals surface area (Å²) in [6.07, 6.45) is 2.69. The van der Waals surface area contributed by atoms with Gasteiger partial charge < -0.3 is 4.90 Å². The molecule has 1 amide bonds. The third-order valence-electron chi connectivity index (χ3n) is 2.72. The van der Waals surface area contributed by atoms with Crippen molar-refractivity contribution in [1.82, 2.24) is 9.88 Å². The predicted molar refractivity (Wildman–Crippen MR) is 70.7 cm³/mol. The second kappa shape index (κ2) is 5.96. The van der Waals surface area contributed by atoms with Crippen LogP contribution in [0.2, 0.25) is 0 Å². The molecular weight excluding hydrogens is 224 g/mol. The molecule has 1 aromatic carbocycles. The van der Waals surface area contributed by atoms with Crippen LogP contribution in [0, 0.1) is 6.92 Å². The fraction of sp³-hybridized carbons (Fsp3) is 0.200. The molecule has 1 heterocycles. The zero-order valence-corrected chi connectivity index (χ0v) is 10.4. The van der Waals surface area contributed by atoms with Crippen molar-refractivity contribution < 1.29 is 4.79 Å². The van der Waals surface area contributed by atoms with E-state index in [0.29, 0.717) is 13.1 Å². The molecule has 0 unspecified atom stereocenters. The highest BCUT2D eigenvalue weighted by Gasteiger charge is 2.04. The second-order valence-corrected chi connectivity index (χ2v) is 4.32. The summed E-state index contributed by atoms with van der Waals surface area (Å²) in [5, 5.41) is 0. The van der Waals surface area contributed by atoms with Gasteiger partial charge in [0.1, 0.15) is 0 Å². The number of benzene rings is 1. The first-order valence-electron chi connectivity index (χ1n) is 5.93. The van der Waals surface area contributed by atoms with E-state index >= 15 is 0 Å². The van der Waals surface area contributed by atoms with Crippen molar-refractivity contribution in [3.05, 3.63) is 65.5 Å². The van der Waals surface area contributed by atoms with Crippen molar-refractivity contribution >= 4 is 6.41 Å². The molecule has 3 nitrogen and oxygen atoms in total. The van der Waals surface area contributed by atoms with Gasteiger partial charge in [-0.1, -0.05) is 36.4 Å². The minimum Gasteiger partial charge on any atom is -0.335 e. The smallest absolute Gasteiger partial charge is 0.210 e. The number of carbonyl (C=O) groups excluding carboxylic acids is 1. The minimum absolute atomic E-state index is 0.540. The number of nitrogens with zero attached hydrogens (tertiary/aromatic N) is 2. The summed E-state index contributed by atoms with van der Waals surface area (Å²) in [6.45, 7) is 3.15. The number of hydrogen-bond donors (Lipinski definition) is 0. The second-order valence-electron chi connectivity index (χ2n) is 4.32. The standard InChI is InChI=1S/C15H16N2O/c1-13-7-8-15(16-9-13)11-17(12-18)10-14-5-3-2-4-6-14/h2-9,12H,10-11H2,1H3. The van der Waals surface area contributed by atoms with Crippen molar-refractivity contribution in [1.29, 1.82) is 0 Å². The van der Waals surface area contributed by atoms with E-state index in [4.69, 9.17) is 0 Å². The molecule has 92 valence electrons. The molecule has 0 radical (unpaired) electrons. The Hall–Kier alpha value is -2.16. The van der Waals surface area contributed by atoms with Crippen LogP contribution in [0.3, 0.4) is 0 Å². The first-order valence-corrected chi connectivity index (χ1v) is 5.93. The monoisotopic (exact) mass is 240 g/mol. The maximum Gasteiger partial charge on any atom is 0.210 e. The maximum atomic E-state index is 11.1. The summed E-state index contributed by atoms with van der Waals surface area (Å²) in [5.74, 6) is 0. The van der Waals surface area contributed by atoms with Crippen LogP contribution in [0.15, 0.2) is 48.7 Å². The van der Waals surface area contributed by atoms with Gasteiger partial charge >= 0.3 is 0 Å². The molecule has 2 rings (SSSR count). The lowest BCUT2D eigenvalue weighted by Crippen LogP contribution is -2.21. The van der Waals surface area contributed by atoms with E-state index < -0.39 is 0 Å². The fourth-order valence-electron chi connectivity index (χ4n) is 1.75. The average Bonchev–Trinajstić information content (AvgIpc) is 2.41. The Bertz CT molecular complexity index is 494. The Morgan fingerprint density at radius 2 is 1.89 bits per heavy atom. The van der Waals surface area contributed by atoms with Crippen molar-refractivity contribution in [2.75, 3.05) is 0 Å². The molecule has 0 saturated heterocycles. The molecule has 0 saturated carbocycles. The lowest BCUT2D eigenvalue weighted by Gasteiger charge is -2.16. The molecule has 2 aromatic rings. The molecule has 0 aliphatic heterocycles. The molecule has 0 fully saturated rings. The summed E-state index contributed by atoms with van der Waals surface area (Å²) in [5.41, 5.74) is 3.15. The van der Waals surface area contributed by atoms with Gasteiger partial charge in [0.05, 0.1) is 12.2 Å². The topological polar surface area (TPSA) is 33.2 Å². The number of carbonyl (C=O) groups is 1. The summed E-state index contributed by atoms with van der Waals surface area (Å²) < 4.78 is 0. The Morgan fingerprint density at radius 1 is 1.11 bits per heavy atom. The van der Waals surface area contributed by atoms with Gasteiger partial charge in [0.2, 0.25) is 6.41 Å². The van der Waals surface area contributed by atoms with Crippen LogP contribution in [0.4, 0.5) is 0 Å². The lowest BCUT2D eigenvalue weighted by molar-refractivity contribution is -0.119. The largest absolute Gasteiger partial charge is 0.335 e. The summed E-state index contributed by atoms with van der Waals surface area (Å²) in [7, 11) is 0. The van der Waals surface area contributed by atoms with Gasteiger partial charge in [-0.25, -0.2) is 0 Å². The number of hydrogen-bond acceptors (Lipinski definition) is 2. The Labute approximate surface area is 107 Å². The number of pyridine rings is 1. The van der Waals surface area contributed by atoms with Crippen molar-refractivity contribution in [3.63, 3.8) is 0 Å². The van der Waals surface area contributed by atoms with Crippen LogP contribution in [-0.4, -0.2) is 16.3 Å². The average molecular weight is 240 g/mol. The summed E-state index contributed by atoms with van der Waals surface area (Å²) >= 11 is 0. The number of aromatic nitrogens is 1. The Balaban J connectivity index is 2.01. The first kappa shape index (κ1) is 12.3. The molecule has 0 spiro atoms. The van der Waals surface area contributed by atoms with Crippen LogP contribution >= 0.6 is 0 Å². The van der Waals surface area contributed by atoms with Gasteiger partial charge in [-0.2, -0.15) is 0 Å². The van der Waals surface area contributed by atoms with Gasteiger partial charge in [0, 0.05) is 12.7 Å². The fourth-order valence-corrected chi connectivity index (χ4v) is 1.75. The molecule has 3 heteroatoms. The van der Waals surface area contributed by atoms with Gasteiger partial charge in [-0.3, -0.25) is 9.78 Å². The highest BCUT2D eigenvalue weighted by atomic mass is 16.1. The van der Waals surface area contributed by atoms with Crippen molar-refractivity contribution in [2.45, 2.75) is 20.0 Å². The van der Waals surface area contributed by atoms with Gasteiger partial charge in [0.15, 0.2) is 0 Å². The normalized spacial score (nSPS) is 10.1. The van der Waals surface area contributed by atoms with Crippen LogP contribution < -0.4 is 0 Å². The van der Waals surface area contributed by atoms with Crippen molar-refractivity contribution in [3.8, 4) is 0 Å². The van der Waals surface area contributed by atoms with Crippen LogP contribution in [0.5, 0.6) is 0 Å². The van der Waals surface area contributed by atoms with Crippen LogP contribution in [0.25, 0.3) is 0 Å². The summed E-state index contributed by atoms with van der Waals surface area (Å²) in [6, 6.07) is 13.9. The molecule has 0 aliphatic rings. The van der Waals surface area contributed by atoms with Crippen LogP contribution in [0.1, 0.15) is 16.8 Å². The maximum absolute atomic E-state index is 11.1. The highest BCUT2D eigenvalue weighted by Crippen LogP contribution is 2.07. The molecule has 0 bridgehead atoms. The number of amides is 1. The zero-order valence-electron chi connectivity index (χ0n) is 10.4. The number of rotatable bonds is 5. The third-order valence-corrected chi connectivity index (χ3v) is 2.72. The Morgan fingerprint density at radius 3 is 2.50 bits per heavy atom.